The van der Waals surface area contributed by atoms with Gasteiger partial charge in [-0.1, -0.05) is 18.5 Å². The molecule has 0 heterocycles. The number of nitriles is 1. The van der Waals surface area contributed by atoms with Gasteiger partial charge in [-0.3, -0.25) is 0 Å². The van der Waals surface area contributed by atoms with Crippen LogP contribution in [0.1, 0.15) is 19.8 Å². The Bertz CT molecular complexity index is 505. The Labute approximate surface area is 106 Å². The van der Waals surface area contributed by atoms with E-state index >= 15 is 0 Å². The second-order valence-corrected chi connectivity index (χ2v) is 5.69. The molecule has 1 N–H and O–H groups in total. The molecule has 1 aromatic carbocycles. The minimum absolute atomic E-state index is 0.151. The van der Waals surface area contributed by atoms with E-state index in [0.717, 1.165) is 0 Å². The molecular formula is C11H13ClN2O2S. The molecule has 0 saturated heterocycles. The first-order valence-corrected chi connectivity index (χ1v) is 7.00. The summed E-state index contributed by atoms with van der Waals surface area (Å²) in [7, 11) is -3.57. The highest BCUT2D eigenvalue weighted by Crippen LogP contribution is 2.15. The van der Waals surface area contributed by atoms with Gasteiger partial charge in [0.25, 0.3) is 0 Å². The number of nitrogens with one attached hydrogen (secondary N) is 1. The Morgan fingerprint density at radius 1 is 1.41 bits per heavy atom. The van der Waals surface area contributed by atoms with Crippen molar-refractivity contribution in [3.63, 3.8) is 0 Å². The van der Waals surface area contributed by atoms with Gasteiger partial charge in [0.05, 0.1) is 17.4 Å². The quantitative estimate of drug-likeness (QED) is 0.894. The Kier molecular flexibility index (Phi) is 4.94. The molecular weight excluding hydrogens is 260 g/mol. The van der Waals surface area contributed by atoms with Crippen molar-refractivity contribution < 1.29 is 8.42 Å². The van der Waals surface area contributed by atoms with Gasteiger partial charge in [0, 0.05) is 11.1 Å². The van der Waals surface area contributed by atoms with Crippen LogP contribution in [0.5, 0.6) is 0 Å². The lowest BCUT2D eigenvalue weighted by Crippen LogP contribution is -2.34. The van der Waals surface area contributed by atoms with Gasteiger partial charge in [0.1, 0.15) is 0 Å². The average molecular weight is 273 g/mol. The highest BCUT2D eigenvalue weighted by molar-refractivity contribution is 7.89. The minimum Gasteiger partial charge on any atom is -0.207 e. The van der Waals surface area contributed by atoms with Crippen LogP contribution in [0.15, 0.2) is 29.2 Å². The maximum Gasteiger partial charge on any atom is 0.240 e. The summed E-state index contributed by atoms with van der Waals surface area (Å²) in [5.74, 6) is 0. The fourth-order valence-corrected chi connectivity index (χ4v) is 2.73. The molecule has 0 aliphatic carbocycles. The fourth-order valence-electron chi connectivity index (χ4n) is 1.28. The van der Waals surface area contributed by atoms with Crippen molar-refractivity contribution in [3.8, 4) is 6.07 Å². The summed E-state index contributed by atoms with van der Waals surface area (Å²) in [6, 6.07) is 7.49. The molecule has 92 valence electrons. The Balaban J connectivity index is 2.89. The molecule has 0 saturated carbocycles. The third kappa shape index (κ3) is 4.00. The Morgan fingerprint density at radius 2 is 2.00 bits per heavy atom. The SMILES string of the molecule is CCC(CC#N)NS(=O)(=O)c1ccc(Cl)cc1. The molecule has 0 aliphatic rings. The van der Waals surface area contributed by atoms with Gasteiger partial charge in [0.15, 0.2) is 0 Å². The standard InChI is InChI=1S/C11H13ClN2O2S/c1-2-10(7-8-13)14-17(15,16)11-5-3-9(12)4-6-11/h3-6,10,14H,2,7H2,1H3. The third-order valence-electron chi connectivity index (χ3n) is 2.28. The summed E-state index contributed by atoms with van der Waals surface area (Å²) in [4.78, 5) is 0.151. The van der Waals surface area contributed by atoms with Crippen LogP contribution in [0.25, 0.3) is 0 Å². The number of sulfonamides is 1. The monoisotopic (exact) mass is 272 g/mol. The van der Waals surface area contributed by atoms with Gasteiger partial charge >= 0.3 is 0 Å². The lowest BCUT2D eigenvalue weighted by atomic mass is 10.2. The zero-order valence-electron chi connectivity index (χ0n) is 9.35. The zero-order chi connectivity index (χ0) is 12.9. The molecule has 0 aromatic heterocycles. The van der Waals surface area contributed by atoms with Gasteiger partial charge in [-0.25, -0.2) is 13.1 Å². The number of benzene rings is 1. The van der Waals surface area contributed by atoms with E-state index in [1.54, 1.807) is 0 Å². The number of hydrogen-bond donors (Lipinski definition) is 1. The molecule has 6 heteroatoms. The number of halogens is 1. The fraction of sp³-hybridized carbons (Fsp3) is 0.364. The second kappa shape index (κ2) is 6.01. The lowest BCUT2D eigenvalue weighted by Gasteiger charge is -2.13. The van der Waals surface area contributed by atoms with Crippen LogP contribution in [0.2, 0.25) is 5.02 Å². The summed E-state index contributed by atoms with van der Waals surface area (Å²) < 4.78 is 26.3. The third-order valence-corrected chi connectivity index (χ3v) is 4.06. The van der Waals surface area contributed by atoms with Crippen LogP contribution in [0.3, 0.4) is 0 Å². The van der Waals surface area contributed by atoms with Gasteiger partial charge in [-0.2, -0.15) is 5.26 Å². The smallest absolute Gasteiger partial charge is 0.207 e. The first-order valence-electron chi connectivity index (χ1n) is 5.14. The van der Waals surface area contributed by atoms with E-state index in [2.05, 4.69) is 4.72 Å². The average Bonchev–Trinajstić information content (AvgIpc) is 2.28. The van der Waals surface area contributed by atoms with Gasteiger partial charge in [-0.05, 0) is 30.7 Å². The second-order valence-electron chi connectivity index (χ2n) is 3.54. The molecule has 1 unspecified atom stereocenters. The molecule has 0 amide bonds. The number of hydrogen-bond acceptors (Lipinski definition) is 3. The first kappa shape index (κ1) is 14.0. The van der Waals surface area contributed by atoms with Crippen molar-refractivity contribution in [3.05, 3.63) is 29.3 Å². The lowest BCUT2D eigenvalue weighted by molar-refractivity contribution is 0.543. The summed E-state index contributed by atoms with van der Waals surface area (Å²) in [6.07, 6.45) is 0.726. The molecule has 17 heavy (non-hydrogen) atoms. The predicted octanol–water partition coefficient (Wildman–Crippen LogP) is 2.31. The molecule has 0 spiro atoms. The summed E-state index contributed by atoms with van der Waals surface area (Å²) in [5.41, 5.74) is 0. The summed E-state index contributed by atoms with van der Waals surface area (Å²) in [6.45, 7) is 1.83. The van der Waals surface area contributed by atoms with Crippen molar-refractivity contribution >= 4 is 21.6 Å². The van der Waals surface area contributed by atoms with E-state index in [1.807, 2.05) is 13.0 Å². The van der Waals surface area contributed by atoms with Crippen molar-refractivity contribution in [1.82, 2.24) is 4.72 Å². The molecule has 0 bridgehead atoms. The van der Waals surface area contributed by atoms with Gasteiger partial charge in [0.2, 0.25) is 10.0 Å². The number of rotatable bonds is 5. The highest BCUT2D eigenvalue weighted by atomic mass is 35.5. The summed E-state index contributed by atoms with van der Waals surface area (Å²) >= 11 is 5.69. The highest BCUT2D eigenvalue weighted by Gasteiger charge is 2.18. The topological polar surface area (TPSA) is 70.0 Å². The molecule has 0 fully saturated rings. The Hall–Kier alpha value is -1.09. The van der Waals surface area contributed by atoms with Crippen LogP contribution in [-0.2, 0) is 10.0 Å². The van der Waals surface area contributed by atoms with E-state index in [1.165, 1.54) is 24.3 Å². The molecule has 0 radical (unpaired) electrons. The molecule has 1 rings (SSSR count). The van der Waals surface area contributed by atoms with E-state index in [9.17, 15) is 8.42 Å². The minimum atomic E-state index is -3.57. The van der Waals surface area contributed by atoms with Crippen molar-refractivity contribution in [1.29, 1.82) is 5.26 Å². The van der Waals surface area contributed by atoms with Gasteiger partial charge < -0.3 is 0 Å². The van der Waals surface area contributed by atoms with E-state index in [4.69, 9.17) is 16.9 Å². The molecule has 1 atom stereocenters. The van der Waals surface area contributed by atoms with Crippen molar-refractivity contribution in [2.45, 2.75) is 30.7 Å². The molecule has 0 aliphatic heterocycles. The first-order chi connectivity index (χ1) is 7.99. The Morgan fingerprint density at radius 3 is 2.47 bits per heavy atom. The van der Waals surface area contributed by atoms with Crippen LogP contribution in [0.4, 0.5) is 0 Å². The largest absolute Gasteiger partial charge is 0.240 e. The van der Waals surface area contributed by atoms with E-state index < -0.39 is 10.0 Å². The normalized spacial score (nSPS) is 13.0. The van der Waals surface area contributed by atoms with E-state index in [0.29, 0.717) is 11.4 Å². The van der Waals surface area contributed by atoms with Crippen molar-refractivity contribution in [2.75, 3.05) is 0 Å². The zero-order valence-corrected chi connectivity index (χ0v) is 10.9. The maximum absolute atomic E-state index is 11.9. The summed E-state index contributed by atoms with van der Waals surface area (Å²) in [5, 5.41) is 9.05. The number of nitrogens with zero attached hydrogens (tertiary/aromatic N) is 1. The van der Waals surface area contributed by atoms with Crippen LogP contribution >= 0.6 is 11.6 Å². The maximum atomic E-state index is 11.9. The van der Waals surface area contributed by atoms with E-state index in [-0.39, 0.29) is 17.4 Å². The van der Waals surface area contributed by atoms with Gasteiger partial charge in [-0.15, -0.1) is 0 Å². The molecule has 4 nitrogen and oxygen atoms in total. The van der Waals surface area contributed by atoms with Crippen molar-refractivity contribution in [2.24, 2.45) is 0 Å². The van der Waals surface area contributed by atoms with Crippen LogP contribution in [-0.4, -0.2) is 14.5 Å². The van der Waals surface area contributed by atoms with Crippen LogP contribution in [0, 0.1) is 11.3 Å². The predicted molar refractivity (Wildman–Crippen MR) is 66.1 cm³/mol. The molecule has 1 aromatic rings. The van der Waals surface area contributed by atoms with Crippen LogP contribution < -0.4 is 4.72 Å².